The van der Waals surface area contributed by atoms with Gasteiger partial charge < -0.3 is 10.2 Å². The number of nitrogens with one attached hydrogen (secondary N) is 1. The summed E-state index contributed by atoms with van der Waals surface area (Å²) in [6, 6.07) is 0.0490. The Hall–Kier alpha value is -0.220. The van der Waals surface area contributed by atoms with Crippen molar-refractivity contribution in [1.82, 2.24) is 10.2 Å². The van der Waals surface area contributed by atoms with Crippen molar-refractivity contribution in [3.05, 3.63) is 0 Å². The molecule has 0 aromatic heterocycles. The molecule has 2 heterocycles. The Morgan fingerprint density at radius 1 is 1.28 bits per heavy atom. The number of carbonyl (C=O) groups excluding carboxylic acids is 1. The zero-order valence-corrected chi connectivity index (χ0v) is 12.5. The van der Waals surface area contributed by atoms with Crippen molar-refractivity contribution >= 4 is 17.7 Å². The third kappa shape index (κ3) is 3.64. The lowest BCUT2D eigenvalue weighted by molar-refractivity contribution is -0.133. The molecule has 0 bridgehead atoms. The van der Waals surface area contributed by atoms with E-state index in [2.05, 4.69) is 28.9 Å². The van der Waals surface area contributed by atoms with Crippen molar-refractivity contribution in [2.24, 2.45) is 11.8 Å². The Kier molecular flexibility index (Phi) is 5.37. The van der Waals surface area contributed by atoms with Crippen LogP contribution in [0.5, 0.6) is 0 Å². The van der Waals surface area contributed by atoms with Gasteiger partial charge in [0.25, 0.3) is 0 Å². The maximum Gasteiger partial charge on any atom is 0.239 e. The molecule has 1 amide bonds. The monoisotopic (exact) mass is 270 g/mol. The van der Waals surface area contributed by atoms with Gasteiger partial charge in [-0.15, -0.1) is 0 Å². The van der Waals surface area contributed by atoms with Crippen LogP contribution in [0.4, 0.5) is 0 Å². The summed E-state index contributed by atoms with van der Waals surface area (Å²) >= 11 is 2.06. The quantitative estimate of drug-likeness (QED) is 0.851. The molecule has 1 N–H and O–H groups in total. The third-order valence-electron chi connectivity index (χ3n) is 4.26. The highest BCUT2D eigenvalue weighted by atomic mass is 32.2. The van der Waals surface area contributed by atoms with Gasteiger partial charge >= 0.3 is 0 Å². The smallest absolute Gasteiger partial charge is 0.239 e. The molecular weight excluding hydrogens is 244 g/mol. The number of thioether (sulfide) groups is 1. The molecular formula is C14H26N2OS. The van der Waals surface area contributed by atoms with E-state index in [0.29, 0.717) is 11.8 Å². The number of hydrogen-bond acceptors (Lipinski definition) is 3. The van der Waals surface area contributed by atoms with E-state index in [1.807, 2.05) is 7.05 Å². The Morgan fingerprint density at radius 3 is 2.67 bits per heavy atom. The third-order valence-corrected chi connectivity index (χ3v) is 5.31. The van der Waals surface area contributed by atoms with Gasteiger partial charge in [-0.05, 0) is 56.1 Å². The zero-order chi connectivity index (χ0) is 13.0. The summed E-state index contributed by atoms with van der Waals surface area (Å²) in [5.74, 6) is 4.26. The van der Waals surface area contributed by atoms with Gasteiger partial charge in [-0.2, -0.15) is 11.8 Å². The summed E-state index contributed by atoms with van der Waals surface area (Å²) in [5.41, 5.74) is 0. The van der Waals surface area contributed by atoms with Gasteiger partial charge in [0.05, 0.1) is 6.04 Å². The average Bonchev–Trinajstić information content (AvgIpc) is 2.51. The molecule has 4 heteroatoms. The molecule has 2 saturated heterocycles. The lowest BCUT2D eigenvalue weighted by atomic mass is 10.0. The maximum atomic E-state index is 12.5. The predicted octanol–water partition coefficient (Wildman–Crippen LogP) is 1.98. The van der Waals surface area contributed by atoms with Crippen LogP contribution in [0.25, 0.3) is 0 Å². The second-order valence-corrected chi connectivity index (χ2v) is 7.05. The number of nitrogens with zero attached hydrogens (tertiary/aromatic N) is 1. The van der Waals surface area contributed by atoms with E-state index in [0.717, 1.165) is 31.8 Å². The number of amides is 1. The number of hydrogen-bond donors (Lipinski definition) is 1. The molecule has 0 aliphatic carbocycles. The van der Waals surface area contributed by atoms with Gasteiger partial charge in [-0.3, -0.25) is 4.79 Å². The molecule has 2 aliphatic rings. The predicted molar refractivity (Wildman–Crippen MR) is 77.9 cm³/mol. The maximum absolute atomic E-state index is 12.5. The van der Waals surface area contributed by atoms with E-state index < -0.39 is 0 Å². The molecule has 0 spiro atoms. The van der Waals surface area contributed by atoms with Gasteiger partial charge in [0, 0.05) is 13.1 Å². The van der Waals surface area contributed by atoms with Gasteiger partial charge in [-0.1, -0.05) is 6.92 Å². The van der Waals surface area contributed by atoms with Crippen LogP contribution >= 0.6 is 11.8 Å². The first-order valence-electron chi connectivity index (χ1n) is 7.24. The van der Waals surface area contributed by atoms with Crippen molar-refractivity contribution in [2.45, 2.75) is 38.6 Å². The van der Waals surface area contributed by atoms with Crippen LogP contribution in [0.3, 0.4) is 0 Å². The number of likely N-dealkylation sites (N-methyl/N-ethyl adjacent to an activating group) is 1. The Labute approximate surface area is 115 Å². The summed E-state index contributed by atoms with van der Waals surface area (Å²) in [6.45, 7) is 4.22. The number of rotatable bonds is 3. The molecule has 2 unspecified atom stereocenters. The molecule has 2 rings (SSSR count). The minimum atomic E-state index is 0.0490. The summed E-state index contributed by atoms with van der Waals surface area (Å²) in [4.78, 5) is 14.6. The van der Waals surface area contributed by atoms with E-state index in [1.54, 1.807) is 0 Å². The Bertz CT molecular complexity index is 279. The van der Waals surface area contributed by atoms with E-state index >= 15 is 0 Å². The first kappa shape index (κ1) is 14.2. The molecule has 0 aromatic carbocycles. The second kappa shape index (κ2) is 6.80. The van der Waals surface area contributed by atoms with Gasteiger partial charge in [0.2, 0.25) is 5.91 Å². The van der Waals surface area contributed by atoms with Gasteiger partial charge in [0.1, 0.15) is 0 Å². The topological polar surface area (TPSA) is 32.3 Å². The fourth-order valence-corrected chi connectivity index (χ4v) is 4.23. The highest BCUT2D eigenvalue weighted by Gasteiger charge is 2.30. The van der Waals surface area contributed by atoms with Gasteiger partial charge in [-0.25, -0.2) is 0 Å². The molecule has 18 heavy (non-hydrogen) atoms. The lowest BCUT2D eigenvalue weighted by Gasteiger charge is -2.31. The van der Waals surface area contributed by atoms with Gasteiger partial charge in [0.15, 0.2) is 0 Å². The SMILES string of the molecule is CNC1CCC(C)CN(CC2CCSCC2)C1=O. The number of likely N-dealkylation sites (tertiary alicyclic amines) is 1. The van der Waals surface area contributed by atoms with Crippen LogP contribution in [0.1, 0.15) is 32.6 Å². The van der Waals surface area contributed by atoms with Crippen LogP contribution in [0.2, 0.25) is 0 Å². The fourth-order valence-electron chi connectivity index (χ4n) is 3.03. The number of carbonyl (C=O) groups is 1. The molecule has 0 aromatic rings. The van der Waals surface area contributed by atoms with Crippen molar-refractivity contribution in [1.29, 1.82) is 0 Å². The standard InChI is InChI=1S/C14H26N2OS/c1-11-3-4-13(15-2)14(17)16(9-11)10-12-5-7-18-8-6-12/h11-13,15H,3-10H2,1-2H3. The molecule has 0 saturated carbocycles. The minimum Gasteiger partial charge on any atom is -0.341 e. The van der Waals surface area contributed by atoms with Crippen molar-refractivity contribution in [3.8, 4) is 0 Å². The normalized spacial score (nSPS) is 31.4. The minimum absolute atomic E-state index is 0.0490. The lowest BCUT2D eigenvalue weighted by Crippen LogP contribution is -2.46. The molecule has 2 atom stereocenters. The summed E-state index contributed by atoms with van der Waals surface area (Å²) in [6.07, 6.45) is 4.72. The first-order valence-corrected chi connectivity index (χ1v) is 8.40. The summed E-state index contributed by atoms with van der Waals surface area (Å²) in [5, 5.41) is 3.19. The zero-order valence-electron chi connectivity index (χ0n) is 11.7. The highest BCUT2D eigenvalue weighted by molar-refractivity contribution is 7.99. The molecule has 0 radical (unpaired) electrons. The van der Waals surface area contributed by atoms with E-state index in [1.165, 1.54) is 24.3 Å². The Morgan fingerprint density at radius 2 is 2.00 bits per heavy atom. The van der Waals surface area contributed by atoms with Crippen molar-refractivity contribution in [3.63, 3.8) is 0 Å². The van der Waals surface area contributed by atoms with E-state index in [4.69, 9.17) is 0 Å². The van der Waals surface area contributed by atoms with E-state index in [9.17, 15) is 4.79 Å². The summed E-state index contributed by atoms with van der Waals surface area (Å²) in [7, 11) is 1.91. The van der Waals surface area contributed by atoms with Crippen molar-refractivity contribution in [2.75, 3.05) is 31.6 Å². The van der Waals surface area contributed by atoms with Crippen LogP contribution in [0, 0.1) is 11.8 Å². The summed E-state index contributed by atoms with van der Waals surface area (Å²) < 4.78 is 0. The van der Waals surface area contributed by atoms with Crippen molar-refractivity contribution < 1.29 is 4.79 Å². The second-order valence-electron chi connectivity index (χ2n) is 5.82. The Balaban J connectivity index is 1.96. The van der Waals surface area contributed by atoms with Crippen LogP contribution in [-0.4, -0.2) is 48.5 Å². The molecule has 3 nitrogen and oxygen atoms in total. The largest absolute Gasteiger partial charge is 0.341 e. The molecule has 2 fully saturated rings. The van der Waals surface area contributed by atoms with Crippen LogP contribution < -0.4 is 5.32 Å². The fraction of sp³-hybridized carbons (Fsp3) is 0.929. The van der Waals surface area contributed by atoms with Crippen LogP contribution in [-0.2, 0) is 4.79 Å². The average molecular weight is 270 g/mol. The molecule has 104 valence electrons. The first-order chi connectivity index (χ1) is 8.70. The van der Waals surface area contributed by atoms with Crippen LogP contribution in [0.15, 0.2) is 0 Å². The van der Waals surface area contributed by atoms with E-state index in [-0.39, 0.29) is 6.04 Å². The highest BCUT2D eigenvalue weighted by Crippen LogP contribution is 2.25. The molecule has 2 aliphatic heterocycles.